The molecule has 0 aliphatic carbocycles. The second kappa shape index (κ2) is 5.92. The molecule has 6 nitrogen and oxygen atoms in total. The second-order valence-electron chi connectivity index (χ2n) is 5.40. The van der Waals surface area contributed by atoms with Crippen LogP contribution >= 0.6 is 0 Å². The Morgan fingerprint density at radius 2 is 1.91 bits per heavy atom. The number of nitrogens with zero attached hydrogens (tertiary/aromatic N) is 2. The van der Waals surface area contributed by atoms with Crippen LogP contribution in [0.5, 0.6) is 0 Å². The first-order chi connectivity index (χ1) is 10.2. The maximum absolute atomic E-state index is 12.1. The number of nitrogens with one attached hydrogen (secondary N) is 1. The number of sulfonamides is 1. The minimum atomic E-state index is -3.67. The predicted molar refractivity (Wildman–Crippen MR) is 84.9 cm³/mol. The fraction of sp³-hybridized carbons (Fsp3) is 0.333. The van der Waals surface area contributed by atoms with E-state index in [1.165, 1.54) is 20.0 Å². The van der Waals surface area contributed by atoms with Crippen LogP contribution in [0, 0.1) is 6.92 Å². The Hall–Kier alpha value is -2.15. The predicted octanol–water partition coefficient (Wildman–Crippen LogP) is 1.86. The van der Waals surface area contributed by atoms with Crippen molar-refractivity contribution in [2.24, 2.45) is 7.05 Å². The van der Waals surface area contributed by atoms with Gasteiger partial charge in [-0.05, 0) is 26.3 Å². The topological polar surface area (TPSA) is 81.1 Å². The highest BCUT2D eigenvalue weighted by Gasteiger charge is 2.22. The Labute approximate surface area is 130 Å². The summed E-state index contributed by atoms with van der Waals surface area (Å²) in [5.41, 5.74) is 2.00. The minimum absolute atomic E-state index is 0.0741. The van der Waals surface area contributed by atoms with E-state index in [0.29, 0.717) is 5.82 Å². The summed E-state index contributed by atoms with van der Waals surface area (Å²) < 4.78 is 27.3. The fourth-order valence-corrected chi connectivity index (χ4v) is 2.55. The van der Waals surface area contributed by atoms with Crippen LogP contribution < -0.4 is 4.72 Å². The van der Waals surface area contributed by atoms with Gasteiger partial charge in [-0.2, -0.15) is 0 Å². The molecule has 0 aliphatic rings. The molecule has 1 heterocycles. The highest BCUT2D eigenvalue weighted by molar-refractivity contribution is 7.90. The molecule has 2 rings (SSSR count). The Balaban J connectivity index is 2.35. The molecular formula is C15H19N3O3S. The van der Waals surface area contributed by atoms with Gasteiger partial charge in [0.05, 0.1) is 5.25 Å². The Morgan fingerprint density at radius 1 is 1.27 bits per heavy atom. The van der Waals surface area contributed by atoms with E-state index in [-0.39, 0.29) is 5.69 Å². The van der Waals surface area contributed by atoms with Gasteiger partial charge in [0.2, 0.25) is 10.0 Å². The van der Waals surface area contributed by atoms with Crippen molar-refractivity contribution in [2.75, 3.05) is 0 Å². The highest BCUT2D eigenvalue weighted by atomic mass is 32.2. The number of aryl methyl sites for hydroxylation is 2. The average molecular weight is 321 g/mol. The number of amides is 1. The van der Waals surface area contributed by atoms with E-state index in [1.54, 1.807) is 11.6 Å². The zero-order valence-corrected chi connectivity index (χ0v) is 13.8. The molecular weight excluding hydrogens is 302 g/mol. The van der Waals surface area contributed by atoms with Crippen LogP contribution in [0.15, 0.2) is 30.5 Å². The Morgan fingerprint density at radius 3 is 2.50 bits per heavy atom. The first-order valence-corrected chi connectivity index (χ1v) is 8.42. The molecule has 1 aromatic carbocycles. The number of hydrogen-bond acceptors (Lipinski definition) is 4. The van der Waals surface area contributed by atoms with E-state index >= 15 is 0 Å². The van der Waals surface area contributed by atoms with E-state index in [2.05, 4.69) is 4.98 Å². The fourth-order valence-electron chi connectivity index (χ4n) is 1.95. The van der Waals surface area contributed by atoms with Gasteiger partial charge in [0.1, 0.15) is 11.5 Å². The first-order valence-electron chi connectivity index (χ1n) is 6.87. The van der Waals surface area contributed by atoms with Crippen LogP contribution in [0.25, 0.3) is 11.4 Å². The molecule has 7 heteroatoms. The molecule has 0 radical (unpaired) electrons. The number of benzene rings is 1. The van der Waals surface area contributed by atoms with Crippen molar-refractivity contribution in [3.63, 3.8) is 0 Å². The Bertz CT molecular complexity index is 807. The molecule has 0 atom stereocenters. The molecule has 0 aliphatic heterocycles. The monoisotopic (exact) mass is 321 g/mol. The van der Waals surface area contributed by atoms with Crippen molar-refractivity contribution in [2.45, 2.75) is 26.0 Å². The lowest BCUT2D eigenvalue weighted by Crippen LogP contribution is -2.36. The molecule has 22 heavy (non-hydrogen) atoms. The van der Waals surface area contributed by atoms with E-state index in [0.717, 1.165) is 11.1 Å². The molecule has 1 aromatic heterocycles. The van der Waals surface area contributed by atoms with Crippen molar-refractivity contribution in [3.05, 3.63) is 41.7 Å². The molecule has 0 saturated heterocycles. The first kappa shape index (κ1) is 16.2. The zero-order chi connectivity index (χ0) is 16.5. The smallest absolute Gasteiger partial charge is 0.284 e. The number of carbonyl (C=O) groups excluding carboxylic acids is 1. The van der Waals surface area contributed by atoms with Crippen molar-refractivity contribution < 1.29 is 13.2 Å². The minimum Gasteiger partial charge on any atom is -0.333 e. The number of imidazole rings is 1. The molecule has 0 saturated carbocycles. The van der Waals surface area contributed by atoms with Crippen molar-refractivity contribution in [1.29, 1.82) is 0 Å². The maximum Gasteiger partial charge on any atom is 0.284 e. The summed E-state index contributed by atoms with van der Waals surface area (Å²) in [5, 5.41) is -0.684. The van der Waals surface area contributed by atoms with Gasteiger partial charge < -0.3 is 4.57 Å². The Kier molecular flexibility index (Phi) is 4.37. The van der Waals surface area contributed by atoms with Crippen LogP contribution in [-0.2, 0) is 17.1 Å². The van der Waals surface area contributed by atoms with Gasteiger partial charge >= 0.3 is 0 Å². The summed E-state index contributed by atoms with van der Waals surface area (Å²) in [6.45, 7) is 4.96. The molecule has 2 aromatic rings. The summed E-state index contributed by atoms with van der Waals surface area (Å²) in [4.78, 5) is 16.4. The van der Waals surface area contributed by atoms with Crippen LogP contribution in [0.1, 0.15) is 29.9 Å². The van der Waals surface area contributed by atoms with Gasteiger partial charge in [0, 0.05) is 18.8 Å². The quantitative estimate of drug-likeness (QED) is 0.932. The van der Waals surface area contributed by atoms with Crippen molar-refractivity contribution in [3.8, 4) is 11.4 Å². The van der Waals surface area contributed by atoms with E-state index in [9.17, 15) is 13.2 Å². The summed E-state index contributed by atoms with van der Waals surface area (Å²) in [6, 6.07) is 7.67. The number of hydrogen-bond donors (Lipinski definition) is 1. The summed E-state index contributed by atoms with van der Waals surface area (Å²) >= 11 is 0. The van der Waals surface area contributed by atoms with Gasteiger partial charge in [-0.1, -0.05) is 24.3 Å². The second-order valence-corrected chi connectivity index (χ2v) is 7.64. The summed E-state index contributed by atoms with van der Waals surface area (Å²) in [7, 11) is -1.90. The molecule has 0 fully saturated rings. The number of aromatic nitrogens is 2. The van der Waals surface area contributed by atoms with Crippen LogP contribution in [0.3, 0.4) is 0 Å². The van der Waals surface area contributed by atoms with Crippen LogP contribution in [0.2, 0.25) is 0 Å². The van der Waals surface area contributed by atoms with E-state index in [4.69, 9.17) is 0 Å². The van der Waals surface area contributed by atoms with E-state index < -0.39 is 21.2 Å². The molecule has 0 spiro atoms. The third-order valence-electron chi connectivity index (χ3n) is 3.35. The third-order valence-corrected chi connectivity index (χ3v) is 5.06. The van der Waals surface area contributed by atoms with E-state index in [1.807, 2.05) is 35.9 Å². The lowest BCUT2D eigenvalue weighted by molar-refractivity contribution is 0.0976. The lowest BCUT2D eigenvalue weighted by Gasteiger charge is -2.07. The summed E-state index contributed by atoms with van der Waals surface area (Å²) in [5.74, 6) is -0.102. The van der Waals surface area contributed by atoms with Crippen LogP contribution in [0.4, 0.5) is 0 Å². The average Bonchev–Trinajstić information content (AvgIpc) is 2.81. The SMILES string of the molecule is Cc1ccccc1-c1nc(C(=O)NS(=O)(=O)C(C)C)cn1C. The van der Waals surface area contributed by atoms with Gasteiger partial charge in [-0.3, -0.25) is 4.79 Å². The molecule has 0 unspecified atom stereocenters. The normalized spacial score (nSPS) is 11.7. The van der Waals surface area contributed by atoms with Gasteiger partial charge in [0.15, 0.2) is 0 Å². The van der Waals surface area contributed by atoms with Crippen molar-refractivity contribution in [1.82, 2.24) is 14.3 Å². The number of rotatable bonds is 4. The van der Waals surface area contributed by atoms with Gasteiger partial charge in [-0.25, -0.2) is 18.1 Å². The largest absolute Gasteiger partial charge is 0.333 e. The molecule has 0 bridgehead atoms. The zero-order valence-electron chi connectivity index (χ0n) is 13.0. The molecule has 1 amide bonds. The lowest BCUT2D eigenvalue weighted by atomic mass is 10.1. The standard InChI is InChI=1S/C15H19N3O3S/c1-10(2)22(20,21)17-15(19)13-9-18(4)14(16-13)12-8-6-5-7-11(12)3/h5-10H,1-4H3,(H,17,19). The van der Waals surface area contributed by atoms with Crippen molar-refractivity contribution >= 4 is 15.9 Å². The third kappa shape index (κ3) is 3.19. The van der Waals surface area contributed by atoms with Gasteiger partial charge in [0.25, 0.3) is 5.91 Å². The highest BCUT2D eigenvalue weighted by Crippen LogP contribution is 2.21. The molecule has 118 valence electrons. The summed E-state index contributed by atoms with van der Waals surface area (Å²) in [6.07, 6.45) is 1.52. The van der Waals surface area contributed by atoms with Gasteiger partial charge in [-0.15, -0.1) is 0 Å². The number of carbonyl (C=O) groups is 1. The maximum atomic E-state index is 12.1. The molecule has 1 N–H and O–H groups in total. The van der Waals surface area contributed by atoms with Crippen LogP contribution in [-0.4, -0.2) is 29.1 Å².